The van der Waals surface area contributed by atoms with E-state index in [2.05, 4.69) is 27.9 Å². The lowest BCUT2D eigenvalue weighted by molar-refractivity contribution is -0.142. The Kier molecular flexibility index (Phi) is 10.9. The van der Waals surface area contributed by atoms with Gasteiger partial charge < -0.3 is 15.0 Å². The van der Waals surface area contributed by atoms with Gasteiger partial charge in [0.05, 0.1) is 0 Å². The highest BCUT2D eigenvalue weighted by Gasteiger charge is 2.31. The molecule has 0 heterocycles. The van der Waals surface area contributed by atoms with Gasteiger partial charge in [-0.25, -0.2) is 0 Å². The second kappa shape index (κ2) is 13.9. The largest absolute Gasteiger partial charge is 0.484 e. The first-order valence-electron chi connectivity index (χ1n) is 11.7. The number of carbonyl (C=O) groups excluding carboxylic acids is 2. The minimum atomic E-state index is -0.759. The standard InChI is InChI=1S/C28H29Cl2IN2O3/c1-19(2)16-32-28(35)26(14-20-6-4-3-5-7-20)33(17-21-8-9-22(29)15-25(21)30)27(34)18-36-24-12-10-23(31)11-13-24/h3-13,15,19,26H,14,16-18H2,1-2H3,(H,32,35). The zero-order valence-corrected chi connectivity index (χ0v) is 23.9. The monoisotopic (exact) mass is 638 g/mol. The summed E-state index contributed by atoms with van der Waals surface area (Å²) in [6, 6.07) is 21.5. The molecule has 0 aliphatic heterocycles. The van der Waals surface area contributed by atoms with Crippen molar-refractivity contribution in [2.24, 2.45) is 5.92 Å². The van der Waals surface area contributed by atoms with E-state index in [-0.39, 0.29) is 30.9 Å². The number of amides is 2. The van der Waals surface area contributed by atoms with E-state index in [9.17, 15) is 9.59 Å². The lowest BCUT2D eigenvalue weighted by Gasteiger charge is -2.32. The fraction of sp³-hybridized carbons (Fsp3) is 0.286. The third kappa shape index (κ3) is 8.68. The lowest BCUT2D eigenvalue weighted by atomic mass is 10.0. The zero-order chi connectivity index (χ0) is 26.1. The Balaban J connectivity index is 1.92. The molecule has 0 bridgehead atoms. The molecule has 0 radical (unpaired) electrons. The number of halogens is 3. The Morgan fingerprint density at radius 2 is 1.69 bits per heavy atom. The summed E-state index contributed by atoms with van der Waals surface area (Å²) in [6.45, 7) is 4.48. The molecule has 1 N–H and O–H groups in total. The molecule has 5 nitrogen and oxygen atoms in total. The first kappa shape index (κ1) is 28.3. The van der Waals surface area contributed by atoms with Crippen LogP contribution in [0, 0.1) is 9.49 Å². The number of hydrogen-bond acceptors (Lipinski definition) is 3. The van der Waals surface area contributed by atoms with E-state index >= 15 is 0 Å². The maximum absolute atomic E-state index is 13.6. The fourth-order valence-electron chi connectivity index (χ4n) is 3.57. The number of nitrogens with one attached hydrogen (secondary N) is 1. The van der Waals surface area contributed by atoms with Crippen molar-refractivity contribution in [3.8, 4) is 5.75 Å². The number of nitrogens with zero attached hydrogens (tertiary/aromatic N) is 1. The summed E-state index contributed by atoms with van der Waals surface area (Å²) in [5, 5.41) is 3.93. The summed E-state index contributed by atoms with van der Waals surface area (Å²) in [7, 11) is 0. The van der Waals surface area contributed by atoms with Crippen LogP contribution in [-0.4, -0.2) is 35.9 Å². The van der Waals surface area contributed by atoms with Gasteiger partial charge >= 0.3 is 0 Å². The molecule has 0 aliphatic rings. The van der Waals surface area contributed by atoms with E-state index in [1.54, 1.807) is 23.1 Å². The second-order valence-electron chi connectivity index (χ2n) is 8.84. The van der Waals surface area contributed by atoms with Gasteiger partial charge in [0.2, 0.25) is 5.91 Å². The normalized spacial score (nSPS) is 11.7. The molecule has 0 fully saturated rings. The number of hydrogen-bond donors (Lipinski definition) is 1. The fourth-order valence-corrected chi connectivity index (χ4v) is 4.40. The topological polar surface area (TPSA) is 58.6 Å². The maximum atomic E-state index is 13.6. The van der Waals surface area contributed by atoms with Gasteiger partial charge in [-0.3, -0.25) is 9.59 Å². The van der Waals surface area contributed by atoms with Crippen LogP contribution in [0.3, 0.4) is 0 Å². The smallest absolute Gasteiger partial charge is 0.261 e. The number of ether oxygens (including phenoxy) is 1. The maximum Gasteiger partial charge on any atom is 0.261 e. The molecule has 1 unspecified atom stereocenters. The molecule has 0 saturated heterocycles. The summed E-state index contributed by atoms with van der Waals surface area (Å²) in [4.78, 5) is 28.6. The SMILES string of the molecule is CC(C)CNC(=O)C(Cc1ccccc1)N(Cc1ccc(Cl)cc1Cl)C(=O)COc1ccc(I)cc1. The predicted octanol–water partition coefficient (Wildman–Crippen LogP) is 6.39. The summed E-state index contributed by atoms with van der Waals surface area (Å²) >= 11 is 14.8. The van der Waals surface area contributed by atoms with E-state index in [0.717, 1.165) is 9.13 Å². The van der Waals surface area contributed by atoms with Gasteiger partial charge in [-0.2, -0.15) is 0 Å². The first-order valence-corrected chi connectivity index (χ1v) is 13.5. The number of benzene rings is 3. The molecule has 3 rings (SSSR count). The van der Waals surface area contributed by atoms with Gasteiger partial charge in [0.1, 0.15) is 11.8 Å². The summed E-state index contributed by atoms with van der Waals surface area (Å²) in [6.07, 6.45) is 0.352. The van der Waals surface area contributed by atoms with E-state index in [4.69, 9.17) is 27.9 Å². The zero-order valence-electron chi connectivity index (χ0n) is 20.2. The lowest BCUT2D eigenvalue weighted by Crippen LogP contribution is -2.52. The van der Waals surface area contributed by atoms with Crippen LogP contribution in [-0.2, 0) is 22.6 Å². The van der Waals surface area contributed by atoms with Crippen LogP contribution in [0.1, 0.15) is 25.0 Å². The van der Waals surface area contributed by atoms with Crippen LogP contribution in [0.4, 0.5) is 0 Å². The molecular weight excluding hydrogens is 610 g/mol. The Morgan fingerprint density at radius 3 is 2.33 bits per heavy atom. The Hall–Kier alpha value is -2.29. The highest BCUT2D eigenvalue weighted by Crippen LogP contribution is 2.24. The van der Waals surface area contributed by atoms with Crippen LogP contribution in [0.15, 0.2) is 72.8 Å². The molecule has 36 heavy (non-hydrogen) atoms. The van der Waals surface area contributed by atoms with Gasteiger partial charge in [0.25, 0.3) is 5.91 Å². The Labute approximate surface area is 236 Å². The average molecular weight is 639 g/mol. The van der Waals surface area contributed by atoms with Crippen LogP contribution in [0.25, 0.3) is 0 Å². The molecule has 2 amide bonds. The van der Waals surface area contributed by atoms with Crippen LogP contribution in [0.2, 0.25) is 10.0 Å². The first-order chi connectivity index (χ1) is 17.2. The molecule has 0 aromatic heterocycles. The summed E-state index contributed by atoms with van der Waals surface area (Å²) in [5.74, 6) is 0.308. The molecule has 0 spiro atoms. The third-order valence-electron chi connectivity index (χ3n) is 5.49. The van der Waals surface area contributed by atoms with Crippen molar-refractivity contribution in [3.63, 3.8) is 0 Å². The van der Waals surface area contributed by atoms with Gasteiger partial charge in [0.15, 0.2) is 6.61 Å². The summed E-state index contributed by atoms with van der Waals surface area (Å²) < 4.78 is 6.85. The highest BCUT2D eigenvalue weighted by atomic mass is 127. The molecule has 3 aromatic carbocycles. The molecule has 1 atom stereocenters. The number of rotatable bonds is 11. The van der Waals surface area contributed by atoms with Crippen molar-refractivity contribution < 1.29 is 14.3 Å². The van der Waals surface area contributed by atoms with E-state index in [1.807, 2.05) is 68.4 Å². The van der Waals surface area contributed by atoms with Crippen LogP contribution in [0.5, 0.6) is 5.75 Å². The van der Waals surface area contributed by atoms with Crippen molar-refractivity contribution in [2.45, 2.75) is 32.9 Å². The molecule has 0 aliphatic carbocycles. The van der Waals surface area contributed by atoms with Gasteiger partial charge in [-0.1, -0.05) is 73.4 Å². The molecule has 8 heteroatoms. The van der Waals surface area contributed by atoms with Crippen molar-refractivity contribution in [1.82, 2.24) is 10.2 Å². The average Bonchev–Trinajstić information content (AvgIpc) is 2.86. The second-order valence-corrected chi connectivity index (χ2v) is 10.9. The van der Waals surface area contributed by atoms with E-state index in [1.165, 1.54) is 0 Å². The van der Waals surface area contributed by atoms with Crippen molar-refractivity contribution in [2.75, 3.05) is 13.2 Å². The molecular formula is C28H29Cl2IN2O3. The third-order valence-corrected chi connectivity index (χ3v) is 6.79. The number of carbonyl (C=O) groups is 2. The Morgan fingerprint density at radius 1 is 1.00 bits per heavy atom. The molecule has 0 saturated carbocycles. The van der Waals surface area contributed by atoms with Gasteiger partial charge in [0, 0.05) is 33.1 Å². The molecule has 3 aromatic rings. The molecule has 190 valence electrons. The van der Waals surface area contributed by atoms with Gasteiger partial charge in [-0.15, -0.1) is 0 Å². The van der Waals surface area contributed by atoms with Crippen molar-refractivity contribution in [1.29, 1.82) is 0 Å². The predicted molar refractivity (Wildman–Crippen MR) is 153 cm³/mol. The van der Waals surface area contributed by atoms with Crippen molar-refractivity contribution >= 4 is 57.6 Å². The van der Waals surface area contributed by atoms with Crippen molar-refractivity contribution in [3.05, 3.63) is 97.5 Å². The Bertz CT molecular complexity index is 1160. The van der Waals surface area contributed by atoms with E-state index in [0.29, 0.717) is 34.3 Å². The van der Waals surface area contributed by atoms with Gasteiger partial charge in [-0.05, 0) is 76.0 Å². The van der Waals surface area contributed by atoms with Crippen LogP contribution < -0.4 is 10.1 Å². The summed E-state index contributed by atoms with van der Waals surface area (Å²) in [5.41, 5.74) is 1.64. The quantitative estimate of drug-likeness (QED) is 0.248. The minimum absolute atomic E-state index is 0.136. The minimum Gasteiger partial charge on any atom is -0.484 e. The van der Waals surface area contributed by atoms with E-state index < -0.39 is 6.04 Å². The van der Waals surface area contributed by atoms with Crippen LogP contribution >= 0.6 is 45.8 Å². The highest BCUT2D eigenvalue weighted by molar-refractivity contribution is 14.1.